The van der Waals surface area contributed by atoms with Crippen molar-refractivity contribution < 1.29 is 0 Å². The standard InChI is InChI=1S/C12H9ClN4S/c13-10-5-6-14-11(17-10)7-18-12-15-8-3-1-2-4-9(8)16-12/h1-6H,7H2,(H,15,16). The van der Waals surface area contributed by atoms with Gasteiger partial charge in [0.15, 0.2) is 5.16 Å². The number of imidazole rings is 1. The Morgan fingerprint density at radius 1 is 1.17 bits per heavy atom. The molecule has 18 heavy (non-hydrogen) atoms. The van der Waals surface area contributed by atoms with Crippen molar-refractivity contribution in [1.29, 1.82) is 0 Å². The van der Waals surface area contributed by atoms with E-state index < -0.39 is 0 Å². The van der Waals surface area contributed by atoms with Gasteiger partial charge in [0.25, 0.3) is 0 Å². The van der Waals surface area contributed by atoms with Crippen molar-refractivity contribution in [3.63, 3.8) is 0 Å². The lowest BCUT2D eigenvalue weighted by Crippen LogP contribution is -1.91. The van der Waals surface area contributed by atoms with Gasteiger partial charge < -0.3 is 4.98 Å². The third-order valence-electron chi connectivity index (χ3n) is 2.38. The van der Waals surface area contributed by atoms with Crippen LogP contribution in [0.4, 0.5) is 0 Å². The minimum absolute atomic E-state index is 0.463. The molecule has 1 N–H and O–H groups in total. The molecule has 4 nitrogen and oxygen atoms in total. The summed E-state index contributed by atoms with van der Waals surface area (Å²) in [6.07, 6.45) is 1.66. The topological polar surface area (TPSA) is 54.5 Å². The fraction of sp³-hybridized carbons (Fsp3) is 0.0833. The predicted molar refractivity (Wildman–Crippen MR) is 72.7 cm³/mol. The molecule has 3 rings (SSSR count). The lowest BCUT2D eigenvalue weighted by Gasteiger charge is -1.97. The van der Waals surface area contributed by atoms with E-state index in [9.17, 15) is 0 Å². The Kier molecular flexibility index (Phi) is 3.17. The smallest absolute Gasteiger partial charge is 0.166 e. The second-order valence-electron chi connectivity index (χ2n) is 3.64. The highest BCUT2D eigenvalue weighted by molar-refractivity contribution is 7.98. The Morgan fingerprint density at radius 3 is 2.89 bits per heavy atom. The van der Waals surface area contributed by atoms with Gasteiger partial charge in [-0.1, -0.05) is 35.5 Å². The van der Waals surface area contributed by atoms with E-state index in [4.69, 9.17) is 11.6 Å². The van der Waals surface area contributed by atoms with Gasteiger partial charge in [-0.3, -0.25) is 0 Å². The van der Waals surface area contributed by atoms with Crippen LogP contribution in [0.3, 0.4) is 0 Å². The van der Waals surface area contributed by atoms with Gasteiger partial charge in [0.1, 0.15) is 11.0 Å². The minimum Gasteiger partial charge on any atom is -0.333 e. The van der Waals surface area contributed by atoms with Crippen molar-refractivity contribution in [3.05, 3.63) is 47.5 Å². The van der Waals surface area contributed by atoms with E-state index in [1.807, 2.05) is 24.3 Å². The monoisotopic (exact) mass is 276 g/mol. The van der Waals surface area contributed by atoms with Crippen LogP contribution in [0.1, 0.15) is 5.82 Å². The number of nitrogens with one attached hydrogen (secondary N) is 1. The van der Waals surface area contributed by atoms with Crippen LogP contribution in [0, 0.1) is 0 Å². The third kappa shape index (κ3) is 2.47. The molecule has 3 aromatic rings. The first kappa shape index (κ1) is 11.5. The Labute approximate surface area is 113 Å². The largest absolute Gasteiger partial charge is 0.333 e. The summed E-state index contributed by atoms with van der Waals surface area (Å²) in [6.45, 7) is 0. The number of halogens is 1. The highest BCUT2D eigenvalue weighted by atomic mass is 35.5. The average molecular weight is 277 g/mol. The van der Waals surface area contributed by atoms with Crippen LogP contribution in [0.25, 0.3) is 11.0 Å². The van der Waals surface area contributed by atoms with Crippen molar-refractivity contribution in [2.45, 2.75) is 10.9 Å². The predicted octanol–water partition coefficient (Wildman–Crippen LogP) is 3.30. The zero-order valence-electron chi connectivity index (χ0n) is 9.30. The van der Waals surface area contributed by atoms with Crippen molar-refractivity contribution >= 4 is 34.4 Å². The average Bonchev–Trinajstić information content (AvgIpc) is 2.79. The van der Waals surface area contributed by atoms with E-state index in [0.717, 1.165) is 16.2 Å². The summed E-state index contributed by atoms with van der Waals surface area (Å²) in [4.78, 5) is 16.0. The number of H-pyrrole nitrogens is 1. The van der Waals surface area contributed by atoms with Crippen LogP contribution >= 0.6 is 23.4 Å². The molecule has 0 fully saturated rings. The third-order valence-corrected chi connectivity index (χ3v) is 3.46. The first-order valence-electron chi connectivity index (χ1n) is 5.36. The van der Waals surface area contributed by atoms with Crippen LogP contribution in [0.2, 0.25) is 5.15 Å². The molecule has 2 aromatic heterocycles. The Hall–Kier alpha value is -1.59. The fourth-order valence-electron chi connectivity index (χ4n) is 1.57. The maximum atomic E-state index is 5.81. The molecule has 0 unspecified atom stereocenters. The van der Waals surface area contributed by atoms with Gasteiger partial charge in [0, 0.05) is 6.20 Å². The number of nitrogens with zero attached hydrogens (tertiary/aromatic N) is 3. The molecule has 0 radical (unpaired) electrons. The molecular formula is C12H9ClN4S. The van der Waals surface area contributed by atoms with Crippen LogP contribution in [0.15, 0.2) is 41.7 Å². The summed E-state index contributed by atoms with van der Waals surface area (Å²) in [6, 6.07) is 9.59. The molecular weight excluding hydrogens is 268 g/mol. The molecule has 0 atom stereocenters. The SMILES string of the molecule is Clc1ccnc(CSc2nc3ccccc3[nH]2)n1. The lowest BCUT2D eigenvalue weighted by molar-refractivity contribution is 1.02. The summed E-state index contributed by atoms with van der Waals surface area (Å²) < 4.78 is 0. The Bertz CT molecular complexity index is 649. The normalized spacial score (nSPS) is 10.9. The van der Waals surface area contributed by atoms with E-state index >= 15 is 0 Å². The molecule has 0 aliphatic rings. The number of aromatic nitrogens is 4. The first-order valence-corrected chi connectivity index (χ1v) is 6.72. The fourth-order valence-corrected chi connectivity index (χ4v) is 2.48. The maximum Gasteiger partial charge on any atom is 0.166 e. The second kappa shape index (κ2) is 4.96. The minimum atomic E-state index is 0.463. The number of aromatic amines is 1. The van der Waals surface area contributed by atoms with Crippen molar-refractivity contribution in [2.75, 3.05) is 0 Å². The Morgan fingerprint density at radius 2 is 2.06 bits per heavy atom. The van der Waals surface area contributed by atoms with Crippen molar-refractivity contribution in [2.24, 2.45) is 0 Å². The van der Waals surface area contributed by atoms with Gasteiger partial charge in [-0.25, -0.2) is 15.0 Å². The zero-order valence-corrected chi connectivity index (χ0v) is 10.9. The lowest BCUT2D eigenvalue weighted by atomic mass is 10.3. The number of fused-ring (bicyclic) bond motifs is 1. The molecule has 0 spiro atoms. The molecule has 0 aliphatic carbocycles. The van der Waals surface area contributed by atoms with Crippen molar-refractivity contribution in [1.82, 2.24) is 19.9 Å². The molecule has 2 heterocycles. The number of para-hydroxylation sites is 2. The number of benzene rings is 1. The van der Waals surface area contributed by atoms with E-state index in [1.54, 1.807) is 24.0 Å². The van der Waals surface area contributed by atoms with E-state index in [2.05, 4.69) is 19.9 Å². The van der Waals surface area contributed by atoms with Crippen LogP contribution in [0.5, 0.6) is 0 Å². The van der Waals surface area contributed by atoms with Crippen LogP contribution < -0.4 is 0 Å². The summed E-state index contributed by atoms with van der Waals surface area (Å²) in [5.41, 5.74) is 2.00. The molecule has 0 saturated heterocycles. The molecule has 90 valence electrons. The number of hydrogen-bond acceptors (Lipinski definition) is 4. The van der Waals surface area contributed by atoms with Gasteiger partial charge in [-0.2, -0.15) is 0 Å². The number of rotatable bonds is 3. The summed E-state index contributed by atoms with van der Waals surface area (Å²) >= 11 is 7.36. The van der Waals surface area contributed by atoms with Gasteiger partial charge in [0.2, 0.25) is 0 Å². The number of hydrogen-bond donors (Lipinski definition) is 1. The van der Waals surface area contributed by atoms with Crippen LogP contribution in [-0.4, -0.2) is 19.9 Å². The quantitative estimate of drug-likeness (QED) is 0.589. The zero-order chi connectivity index (χ0) is 12.4. The molecule has 0 aliphatic heterocycles. The van der Waals surface area contributed by atoms with Gasteiger partial charge in [-0.05, 0) is 18.2 Å². The summed E-state index contributed by atoms with van der Waals surface area (Å²) in [5.74, 6) is 1.34. The molecule has 0 bridgehead atoms. The molecule has 1 aromatic carbocycles. The van der Waals surface area contributed by atoms with E-state index in [-0.39, 0.29) is 0 Å². The van der Waals surface area contributed by atoms with E-state index in [0.29, 0.717) is 16.7 Å². The van der Waals surface area contributed by atoms with E-state index in [1.165, 1.54) is 0 Å². The van der Waals surface area contributed by atoms with Crippen LogP contribution in [-0.2, 0) is 5.75 Å². The molecule has 0 saturated carbocycles. The Balaban J connectivity index is 1.76. The maximum absolute atomic E-state index is 5.81. The van der Waals surface area contributed by atoms with Gasteiger partial charge in [-0.15, -0.1) is 0 Å². The molecule has 6 heteroatoms. The van der Waals surface area contributed by atoms with Gasteiger partial charge >= 0.3 is 0 Å². The summed E-state index contributed by atoms with van der Waals surface area (Å²) in [7, 11) is 0. The van der Waals surface area contributed by atoms with Gasteiger partial charge in [0.05, 0.1) is 16.8 Å². The molecule has 0 amide bonds. The van der Waals surface area contributed by atoms with Crippen molar-refractivity contribution in [3.8, 4) is 0 Å². The summed E-state index contributed by atoms with van der Waals surface area (Å²) in [5, 5.41) is 1.32. The highest BCUT2D eigenvalue weighted by Crippen LogP contribution is 2.21. The first-order chi connectivity index (χ1) is 8.81. The highest BCUT2D eigenvalue weighted by Gasteiger charge is 2.04. The second-order valence-corrected chi connectivity index (χ2v) is 4.99. The number of thioether (sulfide) groups is 1.